The van der Waals surface area contributed by atoms with Gasteiger partial charge in [-0.25, -0.2) is 4.79 Å². The summed E-state index contributed by atoms with van der Waals surface area (Å²) in [5.41, 5.74) is 3.23. The highest BCUT2D eigenvalue weighted by Crippen LogP contribution is 2.20. The van der Waals surface area contributed by atoms with Gasteiger partial charge in [-0.3, -0.25) is 18.7 Å². The number of hydrogen-bond donors (Lipinski definition) is 2. The van der Waals surface area contributed by atoms with Gasteiger partial charge in [0.1, 0.15) is 0 Å². The molecule has 0 fully saturated rings. The number of anilines is 1. The van der Waals surface area contributed by atoms with E-state index in [0.29, 0.717) is 17.8 Å². The Bertz CT molecular complexity index is 1090. The predicted octanol–water partition coefficient (Wildman–Crippen LogP) is 2.52. The van der Waals surface area contributed by atoms with Gasteiger partial charge in [-0.2, -0.15) is 0 Å². The van der Waals surface area contributed by atoms with Gasteiger partial charge in [0, 0.05) is 26.6 Å². The second-order valence-electron chi connectivity index (χ2n) is 6.54. The molecule has 2 N–H and O–H groups in total. The van der Waals surface area contributed by atoms with Crippen molar-refractivity contribution in [2.24, 2.45) is 0 Å². The minimum atomic E-state index is -0.254. The molecule has 0 unspecified atom stereocenters. The van der Waals surface area contributed by atoms with Crippen LogP contribution in [0.2, 0.25) is 0 Å². The van der Waals surface area contributed by atoms with Crippen LogP contribution in [0.1, 0.15) is 29.3 Å². The smallest absolute Gasteiger partial charge is 0.329 e. The van der Waals surface area contributed by atoms with E-state index in [1.54, 1.807) is 28.3 Å². The third-order valence-electron chi connectivity index (χ3n) is 4.80. The van der Waals surface area contributed by atoms with E-state index in [1.807, 2.05) is 44.2 Å². The Kier molecular flexibility index (Phi) is 5.63. The number of benzene rings is 2. The van der Waals surface area contributed by atoms with Gasteiger partial charge in [-0.05, 0) is 37.6 Å². The van der Waals surface area contributed by atoms with E-state index in [1.165, 1.54) is 0 Å². The van der Waals surface area contributed by atoms with Crippen LogP contribution in [0, 0.1) is 6.92 Å². The lowest BCUT2D eigenvalue weighted by Crippen LogP contribution is -2.26. The van der Waals surface area contributed by atoms with Crippen molar-refractivity contribution in [2.75, 3.05) is 12.4 Å². The zero-order chi connectivity index (χ0) is 20.3. The highest BCUT2D eigenvalue weighted by Gasteiger charge is 2.16. The molecule has 7 heteroatoms. The van der Waals surface area contributed by atoms with E-state index < -0.39 is 0 Å². The van der Waals surface area contributed by atoms with E-state index in [9.17, 15) is 14.4 Å². The maximum absolute atomic E-state index is 12.7. The van der Waals surface area contributed by atoms with Crippen LogP contribution < -0.4 is 16.3 Å². The minimum Gasteiger partial charge on any atom is -0.355 e. The number of carbonyl (C=O) groups excluding carboxylic acids is 2. The average Bonchev–Trinajstić information content (AvgIpc) is 2.96. The first-order chi connectivity index (χ1) is 13.5. The molecule has 0 aliphatic rings. The van der Waals surface area contributed by atoms with Gasteiger partial charge in [0.2, 0.25) is 5.91 Å². The average molecular weight is 380 g/mol. The van der Waals surface area contributed by atoms with Gasteiger partial charge < -0.3 is 10.6 Å². The quantitative estimate of drug-likeness (QED) is 0.689. The zero-order valence-electron chi connectivity index (χ0n) is 16.3. The molecule has 0 bridgehead atoms. The first kappa shape index (κ1) is 19.4. The Labute approximate surface area is 163 Å². The molecule has 3 aromatic rings. The molecule has 0 saturated heterocycles. The third-order valence-corrected chi connectivity index (χ3v) is 4.80. The molecular weight excluding hydrogens is 356 g/mol. The van der Waals surface area contributed by atoms with Crippen LogP contribution in [0.4, 0.5) is 5.69 Å². The summed E-state index contributed by atoms with van der Waals surface area (Å²) in [5.74, 6) is -0.508. The van der Waals surface area contributed by atoms with Crippen molar-refractivity contribution in [1.29, 1.82) is 0 Å². The van der Waals surface area contributed by atoms with E-state index in [-0.39, 0.29) is 30.5 Å². The van der Waals surface area contributed by atoms with Crippen LogP contribution in [0.25, 0.3) is 11.0 Å². The highest BCUT2D eigenvalue weighted by atomic mass is 16.2. The van der Waals surface area contributed by atoms with Crippen molar-refractivity contribution in [1.82, 2.24) is 14.5 Å². The summed E-state index contributed by atoms with van der Waals surface area (Å²) in [6, 6.07) is 12.9. The van der Waals surface area contributed by atoms with E-state index >= 15 is 0 Å². The Morgan fingerprint density at radius 3 is 2.32 bits per heavy atom. The summed E-state index contributed by atoms with van der Waals surface area (Å²) in [6.07, 6.45) is 0.124. The number of aryl methyl sites for hydroxylation is 3. The first-order valence-corrected chi connectivity index (χ1v) is 9.27. The number of amides is 2. The molecule has 0 spiro atoms. The van der Waals surface area contributed by atoms with Gasteiger partial charge in [-0.15, -0.1) is 0 Å². The van der Waals surface area contributed by atoms with Gasteiger partial charge in [0.25, 0.3) is 5.91 Å². The number of hydrogen-bond acceptors (Lipinski definition) is 3. The molecule has 0 aliphatic heterocycles. The molecule has 0 saturated carbocycles. The van der Waals surface area contributed by atoms with Crippen molar-refractivity contribution in [2.45, 2.75) is 33.4 Å². The normalized spacial score (nSPS) is 10.8. The summed E-state index contributed by atoms with van der Waals surface area (Å²) < 4.78 is 3.31. The molecule has 3 rings (SSSR count). The molecule has 0 atom stereocenters. The van der Waals surface area contributed by atoms with Crippen LogP contribution >= 0.6 is 0 Å². The fraction of sp³-hybridized carbons (Fsp3) is 0.286. The summed E-state index contributed by atoms with van der Waals surface area (Å²) in [5, 5.41) is 5.40. The number of nitrogens with one attached hydrogen (secondary N) is 2. The topological polar surface area (TPSA) is 85.1 Å². The number of carbonyl (C=O) groups is 2. The fourth-order valence-corrected chi connectivity index (χ4v) is 3.42. The highest BCUT2D eigenvalue weighted by molar-refractivity contribution is 6.04. The molecule has 2 aromatic carbocycles. The molecule has 1 heterocycles. The monoisotopic (exact) mass is 380 g/mol. The summed E-state index contributed by atoms with van der Waals surface area (Å²) in [6.45, 7) is 4.57. The fourth-order valence-electron chi connectivity index (χ4n) is 3.42. The lowest BCUT2D eigenvalue weighted by molar-refractivity contribution is -0.116. The molecule has 0 radical (unpaired) electrons. The Morgan fingerprint density at radius 2 is 1.68 bits per heavy atom. The molecular formula is C21H24N4O3. The van der Waals surface area contributed by atoms with Crippen LogP contribution in [-0.2, 0) is 17.9 Å². The summed E-state index contributed by atoms with van der Waals surface area (Å²) in [4.78, 5) is 37.3. The zero-order valence-corrected chi connectivity index (χ0v) is 16.3. The number of aromatic nitrogens is 2. The SMILES string of the molecule is CCn1c(=O)n(CCC(=O)Nc2cccc(C)c2C(=O)NC)c2ccccc21. The van der Waals surface area contributed by atoms with Gasteiger partial charge in [0.15, 0.2) is 0 Å². The number of fused-ring (bicyclic) bond motifs is 1. The second kappa shape index (κ2) is 8.12. The van der Waals surface area contributed by atoms with Crippen LogP contribution in [0.3, 0.4) is 0 Å². The Hall–Kier alpha value is -3.35. The number of para-hydroxylation sites is 2. The Balaban J connectivity index is 1.81. The number of nitrogens with zero attached hydrogens (tertiary/aromatic N) is 2. The van der Waals surface area contributed by atoms with Crippen molar-refractivity contribution < 1.29 is 9.59 Å². The molecule has 7 nitrogen and oxygen atoms in total. The summed E-state index contributed by atoms with van der Waals surface area (Å²) in [7, 11) is 1.55. The van der Waals surface area contributed by atoms with Gasteiger partial charge in [0.05, 0.1) is 22.3 Å². The van der Waals surface area contributed by atoms with E-state index in [0.717, 1.165) is 16.6 Å². The molecule has 28 heavy (non-hydrogen) atoms. The molecule has 1 aromatic heterocycles. The summed E-state index contributed by atoms with van der Waals surface area (Å²) >= 11 is 0. The Morgan fingerprint density at radius 1 is 1.00 bits per heavy atom. The minimum absolute atomic E-state index is 0.124. The lowest BCUT2D eigenvalue weighted by Gasteiger charge is -2.12. The van der Waals surface area contributed by atoms with Crippen LogP contribution in [0.5, 0.6) is 0 Å². The molecule has 2 amide bonds. The molecule has 146 valence electrons. The maximum Gasteiger partial charge on any atom is 0.329 e. The largest absolute Gasteiger partial charge is 0.355 e. The second-order valence-corrected chi connectivity index (χ2v) is 6.54. The van der Waals surface area contributed by atoms with Gasteiger partial charge >= 0.3 is 5.69 Å². The lowest BCUT2D eigenvalue weighted by atomic mass is 10.1. The van der Waals surface area contributed by atoms with E-state index in [4.69, 9.17) is 0 Å². The van der Waals surface area contributed by atoms with Crippen molar-refractivity contribution in [3.05, 3.63) is 64.1 Å². The predicted molar refractivity (Wildman–Crippen MR) is 110 cm³/mol. The number of imidazole rings is 1. The first-order valence-electron chi connectivity index (χ1n) is 9.27. The van der Waals surface area contributed by atoms with Gasteiger partial charge in [-0.1, -0.05) is 24.3 Å². The molecule has 0 aliphatic carbocycles. The third kappa shape index (κ3) is 3.55. The van der Waals surface area contributed by atoms with Crippen LogP contribution in [0.15, 0.2) is 47.3 Å². The van der Waals surface area contributed by atoms with Crippen molar-refractivity contribution >= 4 is 28.5 Å². The van der Waals surface area contributed by atoms with E-state index in [2.05, 4.69) is 10.6 Å². The van der Waals surface area contributed by atoms with Crippen molar-refractivity contribution in [3.8, 4) is 0 Å². The van der Waals surface area contributed by atoms with Crippen molar-refractivity contribution in [3.63, 3.8) is 0 Å². The standard InChI is InChI=1S/C21H24N4O3/c1-4-24-16-10-5-6-11-17(16)25(21(24)28)13-12-18(26)23-15-9-7-8-14(2)19(15)20(27)22-3/h5-11H,4,12-13H2,1-3H3,(H,22,27)(H,23,26). The maximum atomic E-state index is 12.7. The van der Waals surface area contributed by atoms with Crippen LogP contribution in [-0.4, -0.2) is 28.0 Å². The number of rotatable bonds is 6.